The Morgan fingerprint density at radius 2 is 1.95 bits per heavy atom. The molecule has 0 amide bonds. The normalized spacial score (nSPS) is 12.5. The van der Waals surface area contributed by atoms with Crippen LogP contribution in [0.2, 0.25) is 0 Å². The van der Waals surface area contributed by atoms with Crippen molar-refractivity contribution in [1.29, 1.82) is 0 Å². The van der Waals surface area contributed by atoms with Crippen molar-refractivity contribution in [3.8, 4) is 5.75 Å². The van der Waals surface area contributed by atoms with Crippen molar-refractivity contribution < 1.29 is 5.11 Å². The molecule has 19 heavy (non-hydrogen) atoms. The van der Waals surface area contributed by atoms with E-state index in [-0.39, 0.29) is 6.04 Å². The molecule has 2 N–H and O–H groups in total. The molecule has 0 aliphatic heterocycles. The molecule has 0 aliphatic rings. The van der Waals surface area contributed by atoms with Crippen molar-refractivity contribution in [1.82, 2.24) is 4.98 Å². The van der Waals surface area contributed by atoms with Gasteiger partial charge in [-0.05, 0) is 19.1 Å². The molecule has 1 aromatic heterocycles. The predicted octanol–water partition coefficient (Wildman–Crippen LogP) is 4.18. The van der Waals surface area contributed by atoms with Crippen LogP contribution in [-0.4, -0.2) is 10.1 Å². The van der Waals surface area contributed by atoms with Crippen LogP contribution in [0.1, 0.15) is 18.7 Å². The number of anilines is 1. The SMILES string of the molecule is CC(Nc1cccc2c(O)cccc12)c1cscn1. The molecule has 2 aromatic carbocycles. The summed E-state index contributed by atoms with van der Waals surface area (Å²) in [4.78, 5) is 4.32. The zero-order valence-corrected chi connectivity index (χ0v) is 11.3. The van der Waals surface area contributed by atoms with Gasteiger partial charge in [0.2, 0.25) is 0 Å². The summed E-state index contributed by atoms with van der Waals surface area (Å²) in [5.41, 5.74) is 3.87. The zero-order chi connectivity index (χ0) is 13.2. The summed E-state index contributed by atoms with van der Waals surface area (Å²) in [7, 11) is 0. The first-order valence-corrected chi connectivity index (χ1v) is 7.05. The molecule has 0 saturated carbocycles. The van der Waals surface area contributed by atoms with E-state index in [9.17, 15) is 5.11 Å². The molecule has 0 fully saturated rings. The van der Waals surface area contributed by atoms with Crippen LogP contribution in [0.3, 0.4) is 0 Å². The highest BCUT2D eigenvalue weighted by Crippen LogP contribution is 2.31. The number of thiazole rings is 1. The number of hydrogen-bond donors (Lipinski definition) is 2. The van der Waals surface area contributed by atoms with Gasteiger partial charge >= 0.3 is 0 Å². The largest absolute Gasteiger partial charge is 0.507 e. The number of phenolic OH excluding ortho intramolecular Hbond substituents is 1. The molecule has 3 aromatic rings. The number of aromatic nitrogens is 1. The van der Waals surface area contributed by atoms with Crippen molar-refractivity contribution in [3.63, 3.8) is 0 Å². The second kappa shape index (κ2) is 4.90. The predicted molar refractivity (Wildman–Crippen MR) is 79.8 cm³/mol. The molecule has 0 spiro atoms. The van der Waals surface area contributed by atoms with Crippen LogP contribution in [0.4, 0.5) is 5.69 Å². The third-order valence-electron chi connectivity index (χ3n) is 3.17. The Morgan fingerprint density at radius 1 is 1.16 bits per heavy atom. The van der Waals surface area contributed by atoms with Gasteiger partial charge in [-0.1, -0.05) is 24.3 Å². The van der Waals surface area contributed by atoms with Gasteiger partial charge in [-0.2, -0.15) is 0 Å². The van der Waals surface area contributed by atoms with Gasteiger partial charge in [0.05, 0.1) is 17.2 Å². The van der Waals surface area contributed by atoms with Gasteiger partial charge in [-0.3, -0.25) is 0 Å². The van der Waals surface area contributed by atoms with Crippen LogP contribution in [0.25, 0.3) is 10.8 Å². The monoisotopic (exact) mass is 270 g/mol. The third-order valence-corrected chi connectivity index (χ3v) is 3.77. The van der Waals surface area contributed by atoms with Crippen molar-refractivity contribution in [2.45, 2.75) is 13.0 Å². The van der Waals surface area contributed by atoms with Crippen molar-refractivity contribution >= 4 is 27.8 Å². The molecular formula is C15H14N2OS. The number of nitrogens with zero attached hydrogens (tertiary/aromatic N) is 1. The fraction of sp³-hybridized carbons (Fsp3) is 0.133. The molecule has 0 aliphatic carbocycles. The third kappa shape index (κ3) is 2.27. The van der Waals surface area contributed by atoms with Crippen molar-refractivity contribution in [2.24, 2.45) is 0 Å². The van der Waals surface area contributed by atoms with Crippen LogP contribution in [0, 0.1) is 0 Å². The fourth-order valence-corrected chi connectivity index (χ4v) is 2.81. The zero-order valence-electron chi connectivity index (χ0n) is 10.5. The average Bonchev–Trinajstić information content (AvgIpc) is 2.94. The summed E-state index contributed by atoms with van der Waals surface area (Å²) in [6, 6.07) is 11.6. The first-order valence-electron chi connectivity index (χ1n) is 6.11. The maximum atomic E-state index is 9.88. The van der Waals surface area contributed by atoms with Gasteiger partial charge in [0, 0.05) is 21.8 Å². The summed E-state index contributed by atoms with van der Waals surface area (Å²) in [6.45, 7) is 2.08. The fourth-order valence-electron chi connectivity index (χ4n) is 2.16. The van der Waals surface area contributed by atoms with Crippen molar-refractivity contribution in [3.05, 3.63) is 53.0 Å². The molecule has 96 valence electrons. The van der Waals surface area contributed by atoms with E-state index in [4.69, 9.17) is 0 Å². The van der Waals surface area contributed by atoms with Crippen LogP contribution < -0.4 is 5.32 Å². The number of benzene rings is 2. The molecule has 4 heteroatoms. The second-order valence-electron chi connectivity index (χ2n) is 4.46. The Balaban J connectivity index is 1.99. The molecule has 0 radical (unpaired) electrons. The Kier molecular flexibility index (Phi) is 3.09. The molecule has 3 rings (SSSR count). The Labute approximate surface area is 115 Å². The molecule has 0 saturated heterocycles. The van der Waals surface area contributed by atoms with E-state index in [1.807, 2.05) is 41.2 Å². The minimum absolute atomic E-state index is 0.138. The van der Waals surface area contributed by atoms with E-state index in [0.717, 1.165) is 22.2 Å². The van der Waals surface area contributed by atoms with Crippen LogP contribution in [-0.2, 0) is 0 Å². The number of hydrogen-bond acceptors (Lipinski definition) is 4. The summed E-state index contributed by atoms with van der Waals surface area (Å²) in [5, 5.41) is 17.2. The number of aromatic hydroxyl groups is 1. The van der Waals surface area contributed by atoms with E-state index in [1.54, 1.807) is 17.4 Å². The highest BCUT2D eigenvalue weighted by Gasteiger charge is 2.10. The summed E-state index contributed by atoms with van der Waals surface area (Å²) >= 11 is 1.59. The Bertz CT molecular complexity index is 694. The number of fused-ring (bicyclic) bond motifs is 1. The van der Waals surface area contributed by atoms with Gasteiger partial charge in [0.25, 0.3) is 0 Å². The molecule has 1 atom stereocenters. The quantitative estimate of drug-likeness (QED) is 0.750. The van der Waals surface area contributed by atoms with Crippen molar-refractivity contribution in [2.75, 3.05) is 5.32 Å². The molecule has 0 bridgehead atoms. The first-order chi connectivity index (χ1) is 9.25. The molecule has 3 nitrogen and oxygen atoms in total. The van der Waals surface area contributed by atoms with E-state index in [2.05, 4.69) is 17.2 Å². The van der Waals surface area contributed by atoms with Gasteiger partial charge in [0.15, 0.2) is 0 Å². The lowest BCUT2D eigenvalue weighted by Crippen LogP contribution is -2.07. The standard InChI is InChI=1S/C15H14N2OS/c1-10(14-8-19-9-16-14)17-13-6-2-5-12-11(13)4-3-7-15(12)18/h2-10,17-18H,1H3. The maximum absolute atomic E-state index is 9.88. The van der Waals surface area contributed by atoms with Crippen LogP contribution >= 0.6 is 11.3 Å². The molecule has 1 heterocycles. The van der Waals surface area contributed by atoms with Gasteiger partial charge < -0.3 is 10.4 Å². The Morgan fingerprint density at radius 3 is 2.74 bits per heavy atom. The highest BCUT2D eigenvalue weighted by molar-refractivity contribution is 7.07. The highest BCUT2D eigenvalue weighted by atomic mass is 32.1. The van der Waals surface area contributed by atoms with E-state index in [1.165, 1.54) is 0 Å². The topological polar surface area (TPSA) is 45.1 Å². The molecular weight excluding hydrogens is 256 g/mol. The summed E-state index contributed by atoms with van der Waals surface area (Å²) in [6.07, 6.45) is 0. The lowest BCUT2D eigenvalue weighted by molar-refractivity contribution is 0.481. The van der Waals surface area contributed by atoms with E-state index < -0.39 is 0 Å². The van der Waals surface area contributed by atoms with Crippen LogP contribution in [0.5, 0.6) is 5.75 Å². The van der Waals surface area contributed by atoms with Gasteiger partial charge in [0.1, 0.15) is 5.75 Å². The van der Waals surface area contributed by atoms with E-state index in [0.29, 0.717) is 5.75 Å². The van der Waals surface area contributed by atoms with E-state index >= 15 is 0 Å². The lowest BCUT2D eigenvalue weighted by atomic mass is 10.1. The number of phenols is 1. The first kappa shape index (κ1) is 12.0. The smallest absolute Gasteiger partial charge is 0.123 e. The Hall–Kier alpha value is -2.07. The average molecular weight is 270 g/mol. The summed E-state index contributed by atoms with van der Waals surface area (Å²) in [5.74, 6) is 0.308. The number of nitrogens with one attached hydrogen (secondary N) is 1. The minimum atomic E-state index is 0.138. The van der Waals surface area contributed by atoms with Gasteiger partial charge in [-0.15, -0.1) is 11.3 Å². The second-order valence-corrected chi connectivity index (χ2v) is 5.18. The van der Waals surface area contributed by atoms with Gasteiger partial charge in [-0.25, -0.2) is 4.98 Å². The van der Waals surface area contributed by atoms with Crippen LogP contribution in [0.15, 0.2) is 47.3 Å². The number of rotatable bonds is 3. The molecule has 1 unspecified atom stereocenters. The lowest BCUT2D eigenvalue weighted by Gasteiger charge is -2.15. The minimum Gasteiger partial charge on any atom is -0.507 e. The maximum Gasteiger partial charge on any atom is 0.123 e. The summed E-state index contributed by atoms with van der Waals surface area (Å²) < 4.78 is 0.